The van der Waals surface area contributed by atoms with E-state index in [1.165, 1.54) is 0 Å². The van der Waals surface area contributed by atoms with Gasteiger partial charge in [-0.1, -0.05) is 39.0 Å². The van der Waals surface area contributed by atoms with Crippen molar-refractivity contribution in [1.29, 1.82) is 0 Å². The van der Waals surface area contributed by atoms with Gasteiger partial charge < -0.3 is 15.4 Å². The maximum Gasteiger partial charge on any atom is 0.260 e. The zero-order chi connectivity index (χ0) is 21.5. The Kier molecular flexibility index (Phi) is 5.56. The SMILES string of the molecule is CC1CCN(C(=O)COc2ccccc2CN2C[C@@H]3C(C)(C)C[C@]3(C(N)=O)C2)CC1. The molecule has 2 N–H and O–H groups in total. The summed E-state index contributed by atoms with van der Waals surface area (Å²) in [5.41, 5.74) is 6.62. The van der Waals surface area contributed by atoms with Crippen molar-refractivity contribution in [2.24, 2.45) is 28.4 Å². The molecule has 0 unspecified atom stereocenters. The number of hydrogen-bond donors (Lipinski definition) is 1. The minimum atomic E-state index is -0.388. The van der Waals surface area contributed by atoms with Gasteiger partial charge in [0.05, 0.1) is 5.41 Å². The number of para-hydroxylation sites is 1. The summed E-state index contributed by atoms with van der Waals surface area (Å²) in [5.74, 6) is 1.65. The second-order valence-corrected chi connectivity index (χ2v) is 10.4. The molecule has 2 heterocycles. The molecule has 4 rings (SSSR count). The topological polar surface area (TPSA) is 75.9 Å². The Morgan fingerprint density at radius 2 is 1.90 bits per heavy atom. The van der Waals surface area contributed by atoms with Crippen molar-refractivity contribution in [2.75, 3.05) is 32.8 Å². The van der Waals surface area contributed by atoms with Crippen LogP contribution in [0.15, 0.2) is 24.3 Å². The van der Waals surface area contributed by atoms with Gasteiger partial charge >= 0.3 is 0 Å². The van der Waals surface area contributed by atoms with Gasteiger partial charge in [0.2, 0.25) is 5.91 Å². The van der Waals surface area contributed by atoms with Gasteiger partial charge in [0.1, 0.15) is 5.75 Å². The number of carbonyl (C=O) groups is 2. The molecule has 1 aromatic carbocycles. The molecule has 3 fully saturated rings. The highest BCUT2D eigenvalue weighted by molar-refractivity contribution is 5.83. The molecule has 0 bridgehead atoms. The lowest BCUT2D eigenvalue weighted by Gasteiger charge is -2.54. The second kappa shape index (κ2) is 7.88. The molecule has 30 heavy (non-hydrogen) atoms. The predicted molar refractivity (Wildman–Crippen MR) is 116 cm³/mol. The summed E-state index contributed by atoms with van der Waals surface area (Å²) >= 11 is 0. The zero-order valence-corrected chi connectivity index (χ0v) is 18.5. The fourth-order valence-electron chi connectivity index (χ4n) is 5.95. The van der Waals surface area contributed by atoms with E-state index in [1.54, 1.807) is 0 Å². The molecule has 3 aliphatic rings. The number of nitrogens with two attached hydrogens (primary N) is 1. The first-order chi connectivity index (χ1) is 14.2. The molecular formula is C24H35N3O3. The maximum atomic E-state index is 12.6. The Morgan fingerprint density at radius 1 is 1.20 bits per heavy atom. The molecule has 2 amide bonds. The van der Waals surface area contributed by atoms with Crippen LogP contribution >= 0.6 is 0 Å². The second-order valence-electron chi connectivity index (χ2n) is 10.4. The number of rotatable bonds is 6. The zero-order valence-electron chi connectivity index (χ0n) is 18.5. The first-order valence-corrected chi connectivity index (χ1v) is 11.2. The van der Waals surface area contributed by atoms with E-state index in [2.05, 4.69) is 25.7 Å². The first-order valence-electron chi connectivity index (χ1n) is 11.2. The molecule has 164 valence electrons. The van der Waals surface area contributed by atoms with Gasteiger partial charge in [-0.05, 0) is 42.6 Å². The van der Waals surface area contributed by atoms with E-state index in [4.69, 9.17) is 10.5 Å². The van der Waals surface area contributed by atoms with Crippen LogP contribution in [0.5, 0.6) is 5.75 Å². The van der Waals surface area contributed by atoms with E-state index >= 15 is 0 Å². The van der Waals surface area contributed by atoms with E-state index in [0.717, 1.165) is 50.2 Å². The lowest BCUT2D eigenvalue weighted by Crippen LogP contribution is -2.59. The number of amides is 2. The van der Waals surface area contributed by atoms with Gasteiger partial charge in [0, 0.05) is 38.3 Å². The van der Waals surface area contributed by atoms with Crippen LogP contribution in [0, 0.1) is 22.7 Å². The third-order valence-electron chi connectivity index (χ3n) is 7.67. The van der Waals surface area contributed by atoms with Gasteiger partial charge in [-0.15, -0.1) is 0 Å². The van der Waals surface area contributed by atoms with E-state index in [-0.39, 0.29) is 29.3 Å². The number of fused-ring (bicyclic) bond motifs is 1. The number of likely N-dealkylation sites (tertiary alicyclic amines) is 2. The Bertz CT molecular complexity index is 816. The minimum absolute atomic E-state index is 0.0605. The van der Waals surface area contributed by atoms with Gasteiger partial charge in [-0.3, -0.25) is 14.5 Å². The summed E-state index contributed by atoms with van der Waals surface area (Å²) in [6, 6.07) is 7.91. The quantitative estimate of drug-likeness (QED) is 0.778. The van der Waals surface area contributed by atoms with Crippen LogP contribution in [0.2, 0.25) is 0 Å². The van der Waals surface area contributed by atoms with Crippen LogP contribution in [-0.4, -0.2) is 54.4 Å². The van der Waals surface area contributed by atoms with Crippen LogP contribution < -0.4 is 10.5 Å². The highest BCUT2D eigenvalue weighted by Crippen LogP contribution is 2.62. The molecule has 2 aliphatic heterocycles. The average Bonchev–Trinajstić information content (AvgIpc) is 3.02. The standard InChI is InChI=1S/C24H35N3O3/c1-17-8-10-27(11-9-17)21(28)14-30-19-7-5-4-6-18(19)12-26-13-20-23(2,3)15-24(20,16-26)22(25)29/h4-7,17,20H,8-16H2,1-3H3,(H2,25,29)/t20-,24+/m1/s1. The number of ether oxygens (including phenoxy) is 1. The van der Waals surface area contributed by atoms with Crippen molar-refractivity contribution >= 4 is 11.8 Å². The van der Waals surface area contributed by atoms with Crippen molar-refractivity contribution in [3.63, 3.8) is 0 Å². The Labute approximate surface area is 179 Å². The lowest BCUT2D eigenvalue weighted by atomic mass is 9.48. The van der Waals surface area contributed by atoms with Gasteiger partial charge in [-0.25, -0.2) is 0 Å². The van der Waals surface area contributed by atoms with Crippen molar-refractivity contribution in [3.05, 3.63) is 29.8 Å². The summed E-state index contributed by atoms with van der Waals surface area (Å²) in [5, 5.41) is 0. The van der Waals surface area contributed by atoms with Gasteiger partial charge in [-0.2, -0.15) is 0 Å². The fourth-order valence-corrected chi connectivity index (χ4v) is 5.95. The number of piperidine rings is 1. The number of nitrogens with zero attached hydrogens (tertiary/aromatic N) is 2. The molecule has 1 saturated carbocycles. The molecule has 1 aromatic rings. The number of carbonyl (C=O) groups excluding carboxylic acids is 2. The Morgan fingerprint density at radius 3 is 2.53 bits per heavy atom. The van der Waals surface area contributed by atoms with E-state index in [1.807, 2.05) is 29.2 Å². The molecular weight excluding hydrogens is 378 g/mol. The van der Waals surface area contributed by atoms with E-state index in [9.17, 15) is 9.59 Å². The summed E-state index contributed by atoms with van der Waals surface area (Å²) in [6.45, 7) is 10.7. The Balaban J connectivity index is 1.38. The third-order valence-corrected chi connectivity index (χ3v) is 7.67. The first kappa shape index (κ1) is 21.2. The largest absolute Gasteiger partial charge is 0.483 e. The summed E-state index contributed by atoms with van der Waals surface area (Å²) < 4.78 is 5.96. The van der Waals surface area contributed by atoms with Gasteiger partial charge in [0.25, 0.3) is 5.91 Å². The highest BCUT2D eigenvalue weighted by atomic mass is 16.5. The Hall–Kier alpha value is -2.08. The fraction of sp³-hybridized carbons (Fsp3) is 0.667. The smallest absolute Gasteiger partial charge is 0.260 e. The minimum Gasteiger partial charge on any atom is -0.483 e. The summed E-state index contributed by atoms with van der Waals surface area (Å²) in [4.78, 5) is 29.0. The highest BCUT2D eigenvalue weighted by Gasteiger charge is 2.65. The third kappa shape index (κ3) is 3.82. The van der Waals surface area contributed by atoms with Crippen LogP contribution in [0.1, 0.15) is 45.6 Å². The molecule has 2 saturated heterocycles. The monoisotopic (exact) mass is 413 g/mol. The molecule has 6 nitrogen and oxygen atoms in total. The maximum absolute atomic E-state index is 12.6. The van der Waals surface area contributed by atoms with Crippen LogP contribution in [0.4, 0.5) is 0 Å². The number of primary amides is 1. The van der Waals surface area contributed by atoms with Gasteiger partial charge in [0.15, 0.2) is 6.61 Å². The average molecular weight is 414 g/mol. The summed E-state index contributed by atoms with van der Waals surface area (Å²) in [7, 11) is 0. The lowest BCUT2D eigenvalue weighted by molar-refractivity contribution is -0.148. The van der Waals surface area contributed by atoms with E-state index in [0.29, 0.717) is 24.9 Å². The van der Waals surface area contributed by atoms with Crippen molar-refractivity contribution in [1.82, 2.24) is 9.80 Å². The number of benzene rings is 1. The van der Waals surface area contributed by atoms with Crippen LogP contribution in [0.25, 0.3) is 0 Å². The number of hydrogen-bond acceptors (Lipinski definition) is 4. The van der Waals surface area contributed by atoms with Crippen LogP contribution in [0.3, 0.4) is 0 Å². The summed E-state index contributed by atoms with van der Waals surface area (Å²) in [6.07, 6.45) is 2.99. The van der Waals surface area contributed by atoms with E-state index < -0.39 is 0 Å². The van der Waals surface area contributed by atoms with Crippen molar-refractivity contribution in [3.8, 4) is 5.75 Å². The molecule has 2 atom stereocenters. The molecule has 1 aliphatic carbocycles. The van der Waals surface area contributed by atoms with Crippen molar-refractivity contribution in [2.45, 2.75) is 46.6 Å². The molecule has 0 spiro atoms. The molecule has 0 aromatic heterocycles. The van der Waals surface area contributed by atoms with Crippen molar-refractivity contribution < 1.29 is 14.3 Å². The van der Waals surface area contributed by atoms with Crippen LogP contribution in [-0.2, 0) is 16.1 Å². The normalized spacial score (nSPS) is 28.6. The molecule has 0 radical (unpaired) electrons. The predicted octanol–water partition coefficient (Wildman–Crippen LogP) is 2.66. The molecule has 6 heteroatoms.